The number of benzene rings is 1. The van der Waals surface area contributed by atoms with Gasteiger partial charge in [-0.25, -0.2) is 0 Å². The highest BCUT2D eigenvalue weighted by molar-refractivity contribution is 5.80. The molecule has 110 valence electrons. The summed E-state index contributed by atoms with van der Waals surface area (Å²) in [5.74, 6) is 0.846. The number of amides is 1. The van der Waals surface area contributed by atoms with Crippen LogP contribution in [0.15, 0.2) is 34.7 Å². The van der Waals surface area contributed by atoms with Crippen LogP contribution >= 0.6 is 0 Å². The molecule has 1 saturated heterocycles. The Bertz CT molecular complexity index is 606. The smallest absolute Gasteiger partial charge is 0.251 e. The minimum atomic E-state index is -0.327. The van der Waals surface area contributed by atoms with Crippen LogP contribution in [0.1, 0.15) is 18.7 Å². The van der Waals surface area contributed by atoms with Crippen molar-refractivity contribution >= 4 is 5.91 Å². The molecule has 0 aliphatic carbocycles. The van der Waals surface area contributed by atoms with Crippen LogP contribution in [-0.2, 0) is 16.1 Å². The number of aromatic nitrogens is 2. The Morgan fingerprint density at radius 1 is 1.33 bits per heavy atom. The molecule has 1 amide bonds. The van der Waals surface area contributed by atoms with Gasteiger partial charge >= 0.3 is 0 Å². The molecule has 2 aromatic rings. The second-order valence-electron chi connectivity index (χ2n) is 5.06. The summed E-state index contributed by atoms with van der Waals surface area (Å²) in [5, 5.41) is 8.00. The van der Waals surface area contributed by atoms with Crippen LogP contribution < -0.4 is 0 Å². The molecule has 1 fully saturated rings. The maximum Gasteiger partial charge on any atom is 0.251 e. The fourth-order valence-electron chi connectivity index (χ4n) is 2.31. The van der Waals surface area contributed by atoms with Crippen molar-refractivity contribution in [2.24, 2.45) is 0 Å². The van der Waals surface area contributed by atoms with Gasteiger partial charge in [0.1, 0.15) is 6.10 Å². The van der Waals surface area contributed by atoms with Gasteiger partial charge in [-0.15, -0.1) is 10.2 Å². The summed E-state index contributed by atoms with van der Waals surface area (Å²) in [6.45, 7) is 0.946. The van der Waals surface area contributed by atoms with Crippen LogP contribution in [0.25, 0.3) is 11.5 Å². The van der Waals surface area contributed by atoms with E-state index in [1.54, 1.807) is 11.9 Å². The van der Waals surface area contributed by atoms with Crippen molar-refractivity contribution in [1.82, 2.24) is 15.1 Å². The van der Waals surface area contributed by atoms with Crippen molar-refractivity contribution in [3.05, 3.63) is 36.2 Å². The molecule has 0 N–H and O–H groups in total. The molecule has 2 heterocycles. The molecule has 1 atom stereocenters. The number of hydrogen-bond donors (Lipinski definition) is 0. The Labute approximate surface area is 122 Å². The first-order valence-electron chi connectivity index (χ1n) is 6.98. The highest BCUT2D eigenvalue weighted by Gasteiger charge is 2.27. The van der Waals surface area contributed by atoms with Gasteiger partial charge in [-0.2, -0.15) is 0 Å². The van der Waals surface area contributed by atoms with Crippen LogP contribution in [0.2, 0.25) is 0 Å². The van der Waals surface area contributed by atoms with E-state index in [-0.39, 0.29) is 12.0 Å². The molecule has 1 aliphatic rings. The number of hydrogen-bond acceptors (Lipinski definition) is 5. The summed E-state index contributed by atoms with van der Waals surface area (Å²) in [4.78, 5) is 13.7. The Morgan fingerprint density at radius 2 is 2.14 bits per heavy atom. The van der Waals surface area contributed by atoms with Gasteiger partial charge in [-0.05, 0) is 25.0 Å². The standard InChI is InChI=1S/C15H17N3O3/c1-18(15(19)12-8-5-9-20-12)10-13-16-17-14(21-13)11-6-3-2-4-7-11/h2-4,6-7,12H,5,8-10H2,1H3/t12-/m1/s1. The van der Waals surface area contributed by atoms with Crippen molar-refractivity contribution < 1.29 is 13.9 Å². The average molecular weight is 287 g/mol. The molecular formula is C15H17N3O3. The number of likely N-dealkylation sites (N-methyl/N-ethyl adjacent to an activating group) is 1. The minimum absolute atomic E-state index is 0.0352. The van der Waals surface area contributed by atoms with E-state index in [4.69, 9.17) is 9.15 Å². The monoisotopic (exact) mass is 287 g/mol. The summed E-state index contributed by atoms with van der Waals surface area (Å²) in [6.07, 6.45) is 1.39. The lowest BCUT2D eigenvalue weighted by atomic mass is 10.2. The van der Waals surface area contributed by atoms with E-state index in [0.717, 1.165) is 18.4 Å². The SMILES string of the molecule is CN(Cc1nnc(-c2ccccc2)o1)C(=O)[C@H]1CCCO1. The zero-order valence-electron chi connectivity index (χ0n) is 11.9. The Morgan fingerprint density at radius 3 is 2.86 bits per heavy atom. The maximum absolute atomic E-state index is 12.1. The molecule has 6 heteroatoms. The zero-order valence-corrected chi connectivity index (χ0v) is 11.9. The van der Waals surface area contributed by atoms with Gasteiger partial charge in [-0.1, -0.05) is 18.2 Å². The molecule has 1 aromatic carbocycles. The van der Waals surface area contributed by atoms with Gasteiger partial charge in [0.05, 0.1) is 6.54 Å². The van der Waals surface area contributed by atoms with Gasteiger partial charge < -0.3 is 14.1 Å². The van der Waals surface area contributed by atoms with Gasteiger partial charge in [0.2, 0.25) is 11.8 Å². The molecule has 6 nitrogen and oxygen atoms in total. The third-order valence-electron chi connectivity index (χ3n) is 3.44. The lowest BCUT2D eigenvalue weighted by Gasteiger charge is -2.18. The lowest BCUT2D eigenvalue weighted by Crippen LogP contribution is -2.35. The summed E-state index contributed by atoms with van der Waals surface area (Å²) >= 11 is 0. The van der Waals surface area contributed by atoms with E-state index in [0.29, 0.717) is 24.9 Å². The van der Waals surface area contributed by atoms with Crippen LogP contribution in [0.3, 0.4) is 0 Å². The second kappa shape index (κ2) is 6.05. The quantitative estimate of drug-likeness (QED) is 0.858. The molecule has 21 heavy (non-hydrogen) atoms. The third-order valence-corrected chi connectivity index (χ3v) is 3.44. The number of rotatable bonds is 4. The predicted octanol–water partition coefficient (Wildman–Crippen LogP) is 1.87. The highest BCUT2D eigenvalue weighted by Crippen LogP contribution is 2.19. The molecule has 0 spiro atoms. The average Bonchev–Trinajstić information content (AvgIpc) is 3.19. The van der Waals surface area contributed by atoms with Crippen LogP contribution in [0, 0.1) is 0 Å². The van der Waals surface area contributed by atoms with Gasteiger partial charge in [0, 0.05) is 19.2 Å². The largest absolute Gasteiger partial charge is 0.419 e. The normalized spacial score (nSPS) is 17.9. The van der Waals surface area contributed by atoms with Crippen LogP contribution in [-0.4, -0.2) is 40.8 Å². The molecule has 0 unspecified atom stereocenters. The molecule has 0 radical (unpaired) electrons. The number of nitrogens with zero attached hydrogens (tertiary/aromatic N) is 3. The predicted molar refractivity (Wildman–Crippen MR) is 75.2 cm³/mol. The molecule has 3 rings (SSSR count). The molecular weight excluding hydrogens is 270 g/mol. The van der Waals surface area contributed by atoms with E-state index in [2.05, 4.69) is 10.2 Å². The maximum atomic E-state index is 12.1. The fourth-order valence-corrected chi connectivity index (χ4v) is 2.31. The van der Waals surface area contributed by atoms with Crippen molar-refractivity contribution in [1.29, 1.82) is 0 Å². The van der Waals surface area contributed by atoms with Gasteiger partial charge in [-0.3, -0.25) is 4.79 Å². The summed E-state index contributed by atoms with van der Waals surface area (Å²) in [7, 11) is 1.72. The van der Waals surface area contributed by atoms with E-state index in [1.165, 1.54) is 0 Å². The highest BCUT2D eigenvalue weighted by atomic mass is 16.5. The number of carbonyl (C=O) groups excluding carboxylic acids is 1. The van der Waals surface area contributed by atoms with Crippen molar-refractivity contribution in [2.75, 3.05) is 13.7 Å². The zero-order chi connectivity index (χ0) is 14.7. The second-order valence-corrected chi connectivity index (χ2v) is 5.06. The summed E-state index contributed by atoms with van der Waals surface area (Å²) in [6, 6.07) is 9.55. The van der Waals surface area contributed by atoms with Crippen molar-refractivity contribution in [2.45, 2.75) is 25.5 Å². The van der Waals surface area contributed by atoms with E-state index < -0.39 is 0 Å². The van der Waals surface area contributed by atoms with Crippen molar-refractivity contribution in [3.8, 4) is 11.5 Å². The van der Waals surface area contributed by atoms with E-state index >= 15 is 0 Å². The van der Waals surface area contributed by atoms with E-state index in [9.17, 15) is 4.79 Å². The summed E-state index contributed by atoms with van der Waals surface area (Å²) in [5.41, 5.74) is 0.865. The van der Waals surface area contributed by atoms with Crippen LogP contribution in [0.5, 0.6) is 0 Å². The number of carbonyl (C=O) groups is 1. The lowest BCUT2D eigenvalue weighted by molar-refractivity contribution is -0.140. The summed E-state index contributed by atoms with van der Waals surface area (Å²) < 4.78 is 11.0. The fraction of sp³-hybridized carbons (Fsp3) is 0.400. The van der Waals surface area contributed by atoms with Crippen LogP contribution in [0.4, 0.5) is 0 Å². The first-order chi connectivity index (χ1) is 10.2. The minimum Gasteiger partial charge on any atom is -0.419 e. The van der Waals surface area contributed by atoms with Gasteiger partial charge in [0.25, 0.3) is 5.91 Å². The molecule has 0 saturated carbocycles. The third kappa shape index (κ3) is 3.11. The Hall–Kier alpha value is -2.21. The molecule has 1 aromatic heterocycles. The molecule has 1 aliphatic heterocycles. The van der Waals surface area contributed by atoms with E-state index in [1.807, 2.05) is 30.3 Å². The Balaban J connectivity index is 1.65. The molecule has 0 bridgehead atoms. The first kappa shape index (κ1) is 13.8. The first-order valence-corrected chi connectivity index (χ1v) is 6.98. The van der Waals surface area contributed by atoms with Crippen molar-refractivity contribution in [3.63, 3.8) is 0 Å². The number of ether oxygens (including phenoxy) is 1. The van der Waals surface area contributed by atoms with Gasteiger partial charge in [0.15, 0.2) is 0 Å². The Kier molecular flexibility index (Phi) is 3.96. The topological polar surface area (TPSA) is 68.5 Å².